The highest BCUT2D eigenvalue weighted by Gasteiger charge is 2.26. The molecule has 7 nitrogen and oxygen atoms in total. The molecule has 0 fully saturated rings. The molecule has 1 unspecified atom stereocenters. The van der Waals surface area contributed by atoms with Crippen molar-refractivity contribution in [3.8, 4) is 23.5 Å². The normalized spacial score (nSPS) is 11.4. The summed E-state index contributed by atoms with van der Waals surface area (Å²) in [5, 5.41) is 22.5. The average molecular weight is 472 g/mol. The Labute approximate surface area is 192 Å². The largest absolute Gasteiger partial charge is 0.464 e. The average Bonchev–Trinajstić information content (AvgIpc) is 3.28. The Balaban J connectivity index is 1.99. The van der Waals surface area contributed by atoms with Crippen molar-refractivity contribution >= 4 is 52.4 Å². The molecule has 1 atom stereocenters. The Hall–Kier alpha value is -3.17. The number of pyridine rings is 1. The van der Waals surface area contributed by atoms with Gasteiger partial charge in [-0.05, 0) is 36.8 Å². The summed E-state index contributed by atoms with van der Waals surface area (Å²) in [5.74, 6) is -0.0827. The summed E-state index contributed by atoms with van der Waals surface area (Å²) in [4.78, 5) is 17.1. The van der Waals surface area contributed by atoms with Crippen LogP contribution in [0, 0.1) is 22.7 Å². The number of benzene rings is 1. The number of hydrogen-bond acceptors (Lipinski definition) is 7. The van der Waals surface area contributed by atoms with Crippen LogP contribution >= 0.6 is 35.0 Å². The molecule has 1 aromatic carbocycles. The summed E-state index contributed by atoms with van der Waals surface area (Å²) in [6.45, 7) is 1.82. The number of carbonyl (C=O) groups is 1. The predicted molar refractivity (Wildman–Crippen MR) is 121 cm³/mol. The van der Waals surface area contributed by atoms with Gasteiger partial charge >= 0.3 is 0 Å². The summed E-state index contributed by atoms with van der Waals surface area (Å²) in [5.41, 5.74) is 6.76. The van der Waals surface area contributed by atoms with Gasteiger partial charge in [-0.25, -0.2) is 4.98 Å². The van der Waals surface area contributed by atoms with Gasteiger partial charge in [0.25, 0.3) is 0 Å². The van der Waals surface area contributed by atoms with Gasteiger partial charge in [0, 0.05) is 5.02 Å². The van der Waals surface area contributed by atoms with E-state index < -0.39 is 5.25 Å². The van der Waals surface area contributed by atoms with E-state index in [0.29, 0.717) is 27.9 Å². The number of nitrogens with one attached hydrogen (secondary N) is 1. The van der Waals surface area contributed by atoms with E-state index in [1.165, 1.54) is 6.26 Å². The fraction of sp³-hybridized carbons (Fsp3) is 0.143. The van der Waals surface area contributed by atoms with Crippen LogP contribution in [0.2, 0.25) is 10.0 Å². The minimum Gasteiger partial charge on any atom is -0.464 e. The van der Waals surface area contributed by atoms with Crippen LogP contribution in [0.15, 0.2) is 46.0 Å². The van der Waals surface area contributed by atoms with Crippen molar-refractivity contribution in [2.24, 2.45) is 0 Å². The number of nitrogens with two attached hydrogens (primary N) is 1. The number of carbonyl (C=O) groups excluding carboxylic acids is 1. The molecule has 156 valence electrons. The second-order valence-corrected chi connectivity index (χ2v) is 8.29. The Morgan fingerprint density at radius 2 is 2.03 bits per heavy atom. The van der Waals surface area contributed by atoms with Gasteiger partial charge in [-0.3, -0.25) is 4.79 Å². The van der Waals surface area contributed by atoms with Crippen molar-refractivity contribution in [1.29, 1.82) is 10.5 Å². The number of furan rings is 1. The third kappa shape index (κ3) is 4.78. The lowest BCUT2D eigenvalue weighted by atomic mass is 10.0. The molecule has 0 radical (unpaired) electrons. The van der Waals surface area contributed by atoms with Gasteiger partial charge in [0.15, 0.2) is 0 Å². The number of anilines is 2. The van der Waals surface area contributed by atoms with E-state index in [1.54, 1.807) is 30.3 Å². The van der Waals surface area contributed by atoms with Gasteiger partial charge in [0.1, 0.15) is 34.3 Å². The van der Waals surface area contributed by atoms with E-state index in [4.69, 9.17) is 33.4 Å². The Kier molecular flexibility index (Phi) is 7.09. The minimum atomic E-state index is -0.619. The first kappa shape index (κ1) is 22.5. The van der Waals surface area contributed by atoms with Crippen LogP contribution in [-0.2, 0) is 4.79 Å². The van der Waals surface area contributed by atoms with Crippen LogP contribution in [-0.4, -0.2) is 16.1 Å². The van der Waals surface area contributed by atoms with E-state index in [1.807, 2.05) is 13.0 Å². The summed E-state index contributed by atoms with van der Waals surface area (Å²) in [7, 11) is 0. The molecule has 0 spiro atoms. The smallest absolute Gasteiger partial charge is 0.237 e. The fourth-order valence-corrected chi connectivity index (χ4v) is 4.17. The Bertz CT molecular complexity index is 1220. The van der Waals surface area contributed by atoms with Gasteiger partial charge in [0.2, 0.25) is 5.91 Å². The van der Waals surface area contributed by atoms with E-state index in [0.717, 1.165) is 11.8 Å². The number of hydrogen-bond donors (Lipinski definition) is 2. The van der Waals surface area contributed by atoms with Crippen LogP contribution in [0.3, 0.4) is 0 Å². The number of rotatable bonds is 6. The maximum Gasteiger partial charge on any atom is 0.237 e. The van der Waals surface area contributed by atoms with Crippen LogP contribution in [0.1, 0.15) is 24.5 Å². The summed E-state index contributed by atoms with van der Waals surface area (Å²) >= 11 is 13.2. The number of nitrogens with zero attached hydrogens (tertiary/aromatic N) is 3. The zero-order valence-corrected chi connectivity index (χ0v) is 18.5. The summed E-state index contributed by atoms with van der Waals surface area (Å²) < 4.78 is 5.40. The molecule has 0 aliphatic rings. The molecule has 3 N–H and O–H groups in total. The maximum absolute atomic E-state index is 12.9. The summed E-state index contributed by atoms with van der Waals surface area (Å²) in [6.07, 6.45) is 1.86. The van der Waals surface area contributed by atoms with Gasteiger partial charge < -0.3 is 15.5 Å². The highest BCUT2D eigenvalue weighted by molar-refractivity contribution is 8.00. The van der Waals surface area contributed by atoms with E-state index in [-0.39, 0.29) is 33.4 Å². The molecule has 31 heavy (non-hydrogen) atoms. The third-order valence-corrected chi connectivity index (χ3v) is 6.20. The SMILES string of the molecule is CCC(Sc1nc(N)c(C#N)c(-c2ccco2)c1C#N)C(=O)Nc1cc(Cl)ccc1Cl. The number of amides is 1. The Morgan fingerprint density at radius 1 is 1.29 bits per heavy atom. The lowest BCUT2D eigenvalue weighted by Crippen LogP contribution is -2.25. The van der Waals surface area contributed by atoms with E-state index in [9.17, 15) is 15.3 Å². The molecule has 1 amide bonds. The minimum absolute atomic E-state index is 0.0408. The molecule has 2 heterocycles. The fourth-order valence-electron chi connectivity index (χ4n) is 2.81. The van der Waals surface area contributed by atoms with Crippen LogP contribution < -0.4 is 11.1 Å². The highest BCUT2D eigenvalue weighted by atomic mass is 35.5. The van der Waals surface area contributed by atoms with Crippen LogP contribution in [0.4, 0.5) is 11.5 Å². The number of nitrogen functional groups attached to an aromatic ring is 1. The first-order valence-corrected chi connectivity index (χ1v) is 10.6. The molecule has 10 heteroatoms. The van der Waals surface area contributed by atoms with Crippen molar-refractivity contribution in [2.45, 2.75) is 23.6 Å². The first-order chi connectivity index (χ1) is 14.9. The van der Waals surface area contributed by atoms with E-state index in [2.05, 4.69) is 16.4 Å². The second kappa shape index (κ2) is 9.76. The number of halogens is 2. The Morgan fingerprint density at radius 3 is 2.65 bits per heavy atom. The standard InChI is InChI=1S/C21H15Cl2N5O2S/c1-2-17(20(29)27-15-8-11(22)5-6-14(15)23)31-21-13(10-25)18(16-4-3-7-30-16)12(9-24)19(26)28-21/h3-8,17H,2H2,1H3,(H2,26,28)(H,27,29). The van der Waals surface area contributed by atoms with Crippen molar-refractivity contribution in [3.63, 3.8) is 0 Å². The van der Waals surface area contributed by atoms with Crippen LogP contribution in [0.5, 0.6) is 0 Å². The lowest BCUT2D eigenvalue weighted by Gasteiger charge is -2.17. The van der Waals surface area contributed by atoms with Gasteiger partial charge in [-0.1, -0.05) is 41.9 Å². The highest BCUT2D eigenvalue weighted by Crippen LogP contribution is 2.38. The molecule has 3 rings (SSSR count). The van der Waals surface area contributed by atoms with Crippen LogP contribution in [0.25, 0.3) is 11.3 Å². The molecule has 3 aromatic rings. The predicted octanol–water partition coefficient (Wildman–Crippen LogP) is 5.48. The number of aromatic nitrogens is 1. The first-order valence-electron chi connectivity index (χ1n) is 8.99. The molecule has 2 aromatic heterocycles. The monoisotopic (exact) mass is 471 g/mol. The van der Waals surface area contributed by atoms with Crippen molar-refractivity contribution in [3.05, 3.63) is 57.8 Å². The zero-order chi connectivity index (χ0) is 22.5. The topological polar surface area (TPSA) is 129 Å². The zero-order valence-electron chi connectivity index (χ0n) is 16.1. The number of nitriles is 2. The van der Waals surface area contributed by atoms with Crippen molar-refractivity contribution in [2.75, 3.05) is 11.1 Å². The third-order valence-electron chi connectivity index (χ3n) is 4.29. The molecule has 0 bridgehead atoms. The molecular formula is C21H15Cl2N5O2S. The lowest BCUT2D eigenvalue weighted by molar-refractivity contribution is -0.115. The van der Waals surface area contributed by atoms with Gasteiger partial charge in [0.05, 0.1) is 33.4 Å². The quantitative estimate of drug-likeness (QED) is 0.454. The molecule has 0 saturated heterocycles. The maximum atomic E-state index is 12.9. The molecule has 0 saturated carbocycles. The second-order valence-electron chi connectivity index (χ2n) is 6.26. The molecular weight excluding hydrogens is 457 g/mol. The van der Waals surface area contributed by atoms with Crippen molar-refractivity contribution < 1.29 is 9.21 Å². The van der Waals surface area contributed by atoms with Gasteiger partial charge in [-0.2, -0.15) is 10.5 Å². The van der Waals surface area contributed by atoms with Crippen molar-refractivity contribution in [1.82, 2.24) is 4.98 Å². The molecule has 0 aliphatic carbocycles. The van der Waals surface area contributed by atoms with Gasteiger partial charge in [-0.15, -0.1) is 0 Å². The summed E-state index contributed by atoms with van der Waals surface area (Å²) in [6, 6.07) is 12.0. The number of thioether (sulfide) groups is 1. The molecule has 0 aliphatic heterocycles. The van der Waals surface area contributed by atoms with E-state index >= 15 is 0 Å².